The average molecular weight is 347 g/mol. The van der Waals surface area contributed by atoms with Crippen LogP contribution in [0.3, 0.4) is 0 Å². The van der Waals surface area contributed by atoms with Crippen molar-refractivity contribution in [2.24, 2.45) is 0 Å². The average Bonchev–Trinajstić information content (AvgIpc) is 3.07. The van der Waals surface area contributed by atoms with E-state index in [-0.39, 0.29) is 12.3 Å². The standard InChI is InChI=1S/C18H25N3O4/c1-5-13-9-11-14(12-10-13)21-16(18(24-7-3)25-8-4)15(19-20-21)17(22)23-6-2/h9-12,18H,5-8H2,1-4H3. The van der Waals surface area contributed by atoms with Crippen molar-refractivity contribution < 1.29 is 19.0 Å². The number of nitrogens with zero attached hydrogens (tertiary/aromatic N) is 3. The first-order chi connectivity index (χ1) is 12.2. The molecule has 25 heavy (non-hydrogen) atoms. The van der Waals surface area contributed by atoms with Crippen LogP contribution < -0.4 is 0 Å². The van der Waals surface area contributed by atoms with Crippen LogP contribution in [-0.4, -0.2) is 40.8 Å². The monoisotopic (exact) mass is 347 g/mol. The molecule has 1 aromatic carbocycles. The highest BCUT2D eigenvalue weighted by atomic mass is 16.7. The highest BCUT2D eigenvalue weighted by Crippen LogP contribution is 2.25. The molecular formula is C18H25N3O4. The van der Waals surface area contributed by atoms with Crippen molar-refractivity contribution in [2.45, 2.75) is 40.4 Å². The van der Waals surface area contributed by atoms with Gasteiger partial charge in [0.2, 0.25) is 6.29 Å². The minimum absolute atomic E-state index is 0.105. The second-order valence-electron chi connectivity index (χ2n) is 5.22. The van der Waals surface area contributed by atoms with E-state index in [1.807, 2.05) is 38.1 Å². The van der Waals surface area contributed by atoms with Crippen molar-refractivity contribution in [3.05, 3.63) is 41.2 Å². The first-order valence-corrected chi connectivity index (χ1v) is 8.61. The number of benzene rings is 1. The SMILES string of the molecule is CCOC(=O)c1nnn(-c2ccc(CC)cc2)c1C(OCC)OCC. The number of rotatable bonds is 9. The molecule has 0 aliphatic carbocycles. The van der Waals surface area contributed by atoms with Gasteiger partial charge in [0.1, 0.15) is 5.69 Å². The van der Waals surface area contributed by atoms with Crippen LogP contribution in [-0.2, 0) is 20.6 Å². The lowest BCUT2D eigenvalue weighted by atomic mass is 10.1. The van der Waals surface area contributed by atoms with Crippen LogP contribution in [0.1, 0.15) is 55.7 Å². The molecule has 2 rings (SSSR count). The molecule has 1 aromatic heterocycles. The van der Waals surface area contributed by atoms with Crippen molar-refractivity contribution in [1.29, 1.82) is 0 Å². The molecule has 0 aliphatic heterocycles. The zero-order chi connectivity index (χ0) is 18.2. The number of aryl methyl sites for hydroxylation is 1. The van der Waals surface area contributed by atoms with Gasteiger partial charge in [-0.25, -0.2) is 9.48 Å². The van der Waals surface area contributed by atoms with E-state index in [0.717, 1.165) is 12.1 Å². The van der Waals surface area contributed by atoms with E-state index in [2.05, 4.69) is 17.2 Å². The smallest absolute Gasteiger partial charge is 0.361 e. The molecule has 0 unspecified atom stereocenters. The van der Waals surface area contributed by atoms with Crippen LogP contribution in [0.5, 0.6) is 0 Å². The maximum absolute atomic E-state index is 12.3. The maximum Gasteiger partial charge on any atom is 0.361 e. The summed E-state index contributed by atoms with van der Waals surface area (Å²) in [5.41, 5.74) is 2.53. The van der Waals surface area contributed by atoms with Gasteiger partial charge in [-0.1, -0.05) is 24.3 Å². The van der Waals surface area contributed by atoms with E-state index in [1.165, 1.54) is 5.56 Å². The molecule has 7 heteroatoms. The molecule has 0 atom stereocenters. The van der Waals surface area contributed by atoms with Gasteiger partial charge in [-0.2, -0.15) is 0 Å². The third kappa shape index (κ3) is 4.43. The van der Waals surface area contributed by atoms with E-state index in [4.69, 9.17) is 14.2 Å². The summed E-state index contributed by atoms with van der Waals surface area (Å²) >= 11 is 0. The molecule has 0 saturated carbocycles. The molecule has 0 amide bonds. The molecule has 1 heterocycles. The lowest BCUT2D eigenvalue weighted by molar-refractivity contribution is -0.144. The van der Waals surface area contributed by atoms with Crippen molar-refractivity contribution >= 4 is 5.97 Å². The number of hydrogen-bond donors (Lipinski definition) is 0. The van der Waals surface area contributed by atoms with Crippen LogP contribution >= 0.6 is 0 Å². The number of carbonyl (C=O) groups is 1. The van der Waals surface area contributed by atoms with Gasteiger partial charge in [0, 0.05) is 13.2 Å². The van der Waals surface area contributed by atoms with Gasteiger partial charge in [-0.05, 0) is 44.9 Å². The van der Waals surface area contributed by atoms with Gasteiger partial charge in [0.05, 0.1) is 12.3 Å². The van der Waals surface area contributed by atoms with Gasteiger partial charge in [0.25, 0.3) is 0 Å². The topological polar surface area (TPSA) is 75.5 Å². The third-order valence-corrected chi connectivity index (χ3v) is 3.62. The van der Waals surface area contributed by atoms with Crippen molar-refractivity contribution in [3.8, 4) is 5.69 Å². The number of esters is 1. The Balaban J connectivity index is 2.52. The fourth-order valence-corrected chi connectivity index (χ4v) is 2.42. The predicted molar refractivity (Wildman–Crippen MR) is 92.7 cm³/mol. The fraction of sp³-hybridized carbons (Fsp3) is 0.500. The quantitative estimate of drug-likeness (QED) is 0.512. The third-order valence-electron chi connectivity index (χ3n) is 3.62. The Morgan fingerprint density at radius 2 is 1.68 bits per heavy atom. The Morgan fingerprint density at radius 3 is 2.20 bits per heavy atom. The molecule has 0 fully saturated rings. The van der Waals surface area contributed by atoms with E-state index in [9.17, 15) is 4.79 Å². The van der Waals surface area contributed by atoms with Gasteiger partial charge in [0.15, 0.2) is 5.69 Å². The van der Waals surface area contributed by atoms with Crippen LogP contribution in [0.25, 0.3) is 5.69 Å². The van der Waals surface area contributed by atoms with Crippen molar-refractivity contribution in [1.82, 2.24) is 15.0 Å². The molecule has 0 aliphatic rings. The largest absolute Gasteiger partial charge is 0.461 e. The van der Waals surface area contributed by atoms with Crippen LogP contribution in [0.15, 0.2) is 24.3 Å². The summed E-state index contributed by atoms with van der Waals surface area (Å²) in [7, 11) is 0. The summed E-state index contributed by atoms with van der Waals surface area (Å²) in [5, 5.41) is 8.15. The Bertz CT molecular complexity index is 676. The Morgan fingerprint density at radius 1 is 1.04 bits per heavy atom. The number of aromatic nitrogens is 3. The summed E-state index contributed by atoms with van der Waals surface area (Å²) in [4.78, 5) is 12.3. The molecule has 0 radical (unpaired) electrons. The van der Waals surface area contributed by atoms with E-state index < -0.39 is 12.3 Å². The van der Waals surface area contributed by atoms with Gasteiger partial charge in [-0.15, -0.1) is 5.10 Å². The molecule has 0 spiro atoms. The fourth-order valence-electron chi connectivity index (χ4n) is 2.42. The number of ether oxygens (including phenoxy) is 3. The molecule has 7 nitrogen and oxygen atoms in total. The second kappa shape index (κ2) is 9.29. The first-order valence-electron chi connectivity index (χ1n) is 8.61. The first kappa shape index (κ1) is 19.1. The van der Waals surface area contributed by atoms with Crippen molar-refractivity contribution in [3.63, 3.8) is 0 Å². The maximum atomic E-state index is 12.3. The molecule has 136 valence electrons. The van der Waals surface area contributed by atoms with Crippen molar-refractivity contribution in [2.75, 3.05) is 19.8 Å². The van der Waals surface area contributed by atoms with Crippen LogP contribution in [0.4, 0.5) is 0 Å². The van der Waals surface area contributed by atoms with E-state index >= 15 is 0 Å². The second-order valence-corrected chi connectivity index (χ2v) is 5.22. The molecule has 0 bridgehead atoms. The summed E-state index contributed by atoms with van der Waals surface area (Å²) in [6.07, 6.45) is 0.189. The summed E-state index contributed by atoms with van der Waals surface area (Å²) in [5.74, 6) is -0.543. The van der Waals surface area contributed by atoms with Crippen LogP contribution in [0.2, 0.25) is 0 Å². The highest BCUT2D eigenvalue weighted by molar-refractivity contribution is 5.88. The lowest BCUT2D eigenvalue weighted by Crippen LogP contribution is -2.18. The van der Waals surface area contributed by atoms with Gasteiger partial charge < -0.3 is 14.2 Å². The summed E-state index contributed by atoms with van der Waals surface area (Å²) in [6.45, 7) is 8.66. The molecule has 0 saturated heterocycles. The minimum Gasteiger partial charge on any atom is -0.461 e. The predicted octanol–water partition coefficient (Wildman–Crippen LogP) is 3.08. The van der Waals surface area contributed by atoms with E-state index in [0.29, 0.717) is 18.9 Å². The summed E-state index contributed by atoms with van der Waals surface area (Å²) < 4.78 is 18.0. The number of carbonyl (C=O) groups excluding carboxylic acids is 1. The molecule has 2 aromatic rings. The van der Waals surface area contributed by atoms with E-state index in [1.54, 1.807) is 11.6 Å². The Kier molecular flexibility index (Phi) is 7.09. The zero-order valence-electron chi connectivity index (χ0n) is 15.2. The Hall–Kier alpha value is -2.25. The minimum atomic E-state index is -0.754. The highest BCUT2D eigenvalue weighted by Gasteiger charge is 2.29. The lowest BCUT2D eigenvalue weighted by Gasteiger charge is -2.19. The number of hydrogen-bond acceptors (Lipinski definition) is 6. The molecule has 0 N–H and O–H groups in total. The Labute approximate surface area is 147 Å². The van der Waals surface area contributed by atoms with Gasteiger partial charge >= 0.3 is 5.97 Å². The normalized spacial score (nSPS) is 11.1. The van der Waals surface area contributed by atoms with Crippen LogP contribution in [0, 0.1) is 0 Å². The van der Waals surface area contributed by atoms with Gasteiger partial charge in [-0.3, -0.25) is 0 Å². The zero-order valence-corrected chi connectivity index (χ0v) is 15.2. The molecular weight excluding hydrogens is 322 g/mol. The summed E-state index contributed by atoms with van der Waals surface area (Å²) in [6, 6.07) is 7.89.